The van der Waals surface area contributed by atoms with Crippen LogP contribution in [0.15, 0.2) is 77.2 Å². The number of fused-ring (bicyclic) bond motifs is 3. The minimum Gasteiger partial charge on any atom is -0.484 e. The Bertz CT molecular complexity index is 3030. The quantitative estimate of drug-likeness (QED) is 0.0896. The maximum Gasteiger partial charge on any atom is 0.306 e. The molecule has 6 aromatic rings. The fraction of sp³-hybridized carbons (Fsp3) is 0.353. The number of thiophene rings is 1. The zero-order chi connectivity index (χ0) is 49.5. The summed E-state index contributed by atoms with van der Waals surface area (Å²) in [5.41, 5.74) is 8.84. The molecule has 356 valence electrons. The molecule has 5 heterocycles. The van der Waals surface area contributed by atoms with Crippen LogP contribution >= 0.6 is 22.7 Å². The SMILES string of the molecule is Cc1ncsc1-c1ccc(C(C)NC(=O)[C@@H]2C[C@@H](O)CN2C(=O)C(NC(=O)COc2ccc(-c3ccc(C4=N[C@@H](CC(=O)O)c5nnc(C)n5-c5sc(C)c(C)c54)cc3)c(C#N)c2)C(C)(C)C)cc1. The molecule has 0 spiro atoms. The Hall–Kier alpha value is -7.07. The van der Waals surface area contributed by atoms with Crippen LogP contribution in [-0.2, 0) is 19.2 Å². The number of nitrogens with one attached hydrogen (secondary N) is 2. The van der Waals surface area contributed by atoms with E-state index >= 15 is 0 Å². The van der Waals surface area contributed by atoms with E-state index < -0.39 is 59.9 Å². The van der Waals surface area contributed by atoms with Gasteiger partial charge in [0.2, 0.25) is 11.8 Å². The molecular weight excluding hydrogens is 915 g/mol. The molecular formula is C51H53N9O7S2. The number of likely N-dealkylation sites (tertiary alicyclic amines) is 1. The molecule has 0 saturated carbocycles. The number of aryl methyl sites for hydroxylation is 3. The summed E-state index contributed by atoms with van der Waals surface area (Å²) >= 11 is 3.14. The number of aliphatic carboxylic acids is 1. The summed E-state index contributed by atoms with van der Waals surface area (Å²) in [5, 5.41) is 46.1. The van der Waals surface area contributed by atoms with Crippen molar-refractivity contribution in [2.75, 3.05) is 13.2 Å². The number of aliphatic hydroxyl groups is 1. The van der Waals surface area contributed by atoms with E-state index in [1.54, 1.807) is 67.2 Å². The van der Waals surface area contributed by atoms with Gasteiger partial charge in [0.25, 0.3) is 5.91 Å². The van der Waals surface area contributed by atoms with E-state index in [0.29, 0.717) is 28.5 Å². The topological polar surface area (TPSA) is 225 Å². The molecule has 2 aliphatic rings. The first-order chi connectivity index (χ1) is 32.8. The van der Waals surface area contributed by atoms with Crippen LogP contribution in [0.4, 0.5) is 0 Å². The summed E-state index contributed by atoms with van der Waals surface area (Å²) < 4.78 is 7.78. The molecule has 5 atom stereocenters. The first-order valence-corrected chi connectivity index (χ1v) is 24.2. The number of carbonyl (C=O) groups is 4. The number of nitriles is 1. The van der Waals surface area contributed by atoms with Crippen molar-refractivity contribution in [3.8, 4) is 38.4 Å². The first-order valence-electron chi connectivity index (χ1n) is 22.5. The van der Waals surface area contributed by atoms with Crippen molar-refractivity contribution in [1.82, 2.24) is 35.3 Å². The van der Waals surface area contributed by atoms with Crippen LogP contribution in [0.1, 0.15) is 103 Å². The number of aliphatic imine (C=N–C) groups is 1. The molecule has 8 rings (SSSR count). The van der Waals surface area contributed by atoms with Gasteiger partial charge in [-0.1, -0.05) is 69.3 Å². The summed E-state index contributed by atoms with van der Waals surface area (Å²) in [4.78, 5) is 66.4. The predicted molar refractivity (Wildman–Crippen MR) is 263 cm³/mol. The maximum atomic E-state index is 14.3. The number of carboxylic acid groups (broad SMARTS) is 1. The lowest BCUT2D eigenvalue weighted by Gasteiger charge is -2.35. The smallest absolute Gasteiger partial charge is 0.306 e. The molecule has 0 radical (unpaired) electrons. The average molecular weight is 968 g/mol. The number of β-amino-alcohol motifs (C(OH)–C–C–N with tert-alkyl or cyclic N) is 1. The van der Waals surface area contributed by atoms with Crippen LogP contribution in [0.5, 0.6) is 5.75 Å². The first kappa shape index (κ1) is 48.4. The minimum atomic E-state index is -1.07. The highest BCUT2D eigenvalue weighted by atomic mass is 32.1. The third-order valence-corrected chi connectivity index (χ3v) is 14.8. The van der Waals surface area contributed by atoms with Gasteiger partial charge in [-0.25, -0.2) is 4.98 Å². The number of ether oxygens (including phenoxy) is 1. The van der Waals surface area contributed by atoms with Crippen LogP contribution < -0.4 is 15.4 Å². The fourth-order valence-corrected chi connectivity index (χ4v) is 10.8. The van der Waals surface area contributed by atoms with Gasteiger partial charge in [0.05, 0.1) is 52.0 Å². The number of carboxylic acids is 1. The van der Waals surface area contributed by atoms with Crippen molar-refractivity contribution in [2.45, 2.75) is 98.5 Å². The second kappa shape index (κ2) is 19.5. The summed E-state index contributed by atoms with van der Waals surface area (Å²) in [6.07, 6.45) is -1.14. The van der Waals surface area contributed by atoms with Crippen molar-refractivity contribution >= 4 is 52.1 Å². The van der Waals surface area contributed by atoms with E-state index in [0.717, 1.165) is 53.8 Å². The second-order valence-corrected chi connectivity index (χ2v) is 20.6. The number of amides is 3. The Morgan fingerprint density at radius 2 is 1.65 bits per heavy atom. The third kappa shape index (κ3) is 9.94. The van der Waals surface area contributed by atoms with Gasteiger partial charge < -0.3 is 30.5 Å². The Labute approximate surface area is 407 Å². The Morgan fingerprint density at radius 1 is 0.957 bits per heavy atom. The molecule has 3 aromatic heterocycles. The number of benzene rings is 3. The summed E-state index contributed by atoms with van der Waals surface area (Å²) in [6.45, 7) is 14.6. The minimum absolute atomic E-state index is 0.0496. The van der Waals surface area contributed by atoms with Crippen LogP contribution in [0.25, 0.3) is 26.6 Å². The van der Waals surface area contributed by atoms with Crippen molar-refractivity contribution in [3.63, 3.8) is 0 Å². The van der Waals surface area contributed by atoms with Crippen molar-refractivity contribution in [3.05, 3.63) is 122 Å². The highest BCUT2D eigenvalue weighted by Crippen LogP contribution is 2.40. The van der Waals surface area contributed by atoms with E-state index in [-0.39, 0.29) is 31.2 Å². The number of aliphatic hydroxyl groups excluding tert-OH is 1. The number of rotatable bonds is 13. The van der Waals surface area contributed by atoms with Gasteiger partial charge in [0, 0.05) is 29.0 Å². The molecule has 1 saturated heterocycles. The normalized spacial score (nSPS) is 17.4. The lowest BCUT2D eigenvalue weighted by atomic mass is 9.85. The molecule has 0 aliphatic carbocycles. The van der Waals surface area contributed by atoms with Crippen molar-refractivity contribution in [2.24, 2.45) is 10.4 Å². The monoisotopic (exact) mass is 967 g/mol. The van der Waals surface area contributed by atoms with Gasteiger partial charge in [0.15, 0.2) is 12.4 Å². The Kier molecular flexibility index (Phi) is 13.7. The lowest BCUT2D eigenvalue weighted by molar-refractivity contribution is -0.144. The molecule has 0 bridgehead atoms. The fourth-order valence-electron chi connectivity index (χ4n) is 8.82. The number of aromatic nitrogens is 4. The summed E-state index contributed by atoms with van der Waals surface area (Å²) in [7, 11) is 0. The van der Waals surface area contributed by atoms with Crippen LogP contribution in [0.2, 0.25) is 0 Å². The molecule has 69 heavy (non-hydrogen) atoms. The highest BCUT2D eigenvalue weighted by Gasteiger charge is 2.45. The maximum absolute atomic E-state index is 14.3. The molecule has 4 N–H and O–H groups in total. The second-order valence-electron chi connectivity index (χ2n) is 18.6. The van der Waals surface area contributed by atoms with Gasteiger partial charge in [-0.2, -0.15) is 5.26 Å². The van der Waals surface area contributed by atoms with Crippen molar-refractivity contribution < 1.29 is 34.1 Å². The van der Waals surface area contributed by atoms with Crippen LogP contribution in [0, 0.1) is 44.4 Å². The number of hydrogen-bond acceptors (Lipinski definition) is 13. The van der Waals surface area contributed by atoms with E-state index in [9.17, 15) is 34.7 Å². The summed E-state index contributed by atoms with van der Waals surface area (Å²) in [5.74, 6) is -1.14. The number of hydrogen-bond donors (Lipinski definition) is 4. The molecule has 2 unspecified atom stereocenters. The average Bonchev–Trinajstić information content (AvgIpc) is 4.09. The molecule has 18 heteroatoms. The van der Waals surface area contributed by atoms with E-state index in [1.807, 2.05) is 87.7 Å². The third-order valence-electron chi connectivity index (χ3n) is 12.6. The molecule has 16 nitrogen and oxygen atoms in total. The van der Waals surface area contributed by atoms with Gasteiger partial charge in [-0.15, -0.1) is 32.9 Å². The summed E-state index contributed by atoms with van der Waals surface area (Å²) in [6, 6.07) is 19.4. The molecule has 2 aliphatic heterocycles. The largest absolute Gasteiger partial charge is 0.484 e. The van der Waals surface area contributed by atoms with Gasteiger partial charge in [0.1, 0.15) is 34.7 Å². The zero-order valence-corrected chi connectivity index (χ0v) is 41.2. The number of nitrogens with zero attached hydrogens (tertiary/aromatic N) is 7. The lowest BCUT2D eigenvalue weighted by Crippen LogP contribution is -2.58. The molecule has 1 fully saturated rings. The van der Waals surface area contributed by atoms with Crippen molar-refractivity contribution in [1.29, 1.82) is 5.26 Å². The zero-order valence-electron chi connectivity index (χ0n) is 39.5. The molecule has 3 amide bonds. The van der Waals surface area contributed by atoms with Crippen LogP contribution in [0.3, 0.4) is 0 Å². The predicted octanol–water partition coefficient (Wildman–Crippen LogP) is 7.34. The Balaban J connectivity index is 0.932. The highest BCUT2D eigenvalue weighted by molar-refractivity contribution is 7.15. The number of carbonyl (C=O) groups excluding carboxylic acids is 3. The standard InChI is InChI=1S/C51H53N9O7S2/c1-26-29(4)69-50-43(26)44(55-39(21-42(63)64)47-58-57-30(5)60(47)50)33-13-11-32(12-14-33)38-18-17-37(19-35(38)22-52)67-24-41(62)56-46(51(6,7)8)49(66)59-23-36(61)20-40(59)48(65)54-27(2)31-9-15-34(16-10-31)45-28(3)53-25-68-45/h9-19,25,27,36,39-40,46,61H,20-21,23-24H2,1-8H3,(H,54,65)(H,56,62)(H,63,64)/t27?,36-,39+,40+,46?/m1/s1. The Morgan fingerprint density at radius 3 is 2.30 bits per heavy atom. The van der Waals surface area contributed by atoms with Crippen LogP contribution in [-0.4, -0.2) is 95.6 Å². The van der Waals surface area contributed by atoms with Gasteiger partial charge in [-0.3, -0.25) is 28.7 Å². The molecule has 3 aromatic carbocycles. The van der Waals surface area contributed by atoms with Gasteiger partial charge >= 0.3 is 5.97 Å². The van der Waals surface area contributed by atoms with E-state index in [4.69, 9.17) is 9.73 Å². The van der Waals surface area contributed by atoms with E-state index in [2.05, 4.69) is 31.9 Å². The van der Waals surface area contributed by atoms with Gasteiger partial charge in [-0.05, 0) is 86.1 Å². The van der Waals surface area contributed by atoms with E-state index in [1.165, 1.54) is 4.90 Å². The number of thiazole rings is 1.